The number of hydrogen-bond acceptors (Lipinski definition) is 6. The Morgan fingerprint density at radius 3 is 2.32 bits per heavy atom. The first-order valence-electron chi connectivity index (χ1n) is 16.1. The minimum Gasteiger partial charge on any atom is -0.461 e. The van der Waals surface area contributed by atoms with E-state index in [0.29, 0.717) is 48.8 Å². The van der Waals surface area contributed by atoms with Gasteiger partial charge in [-0.3, -0.25) is 14.6 Å². The molecule has 0 saturated heterocycles. The van der Waals surface area contributed by atoms with Gasteiger partial charge in [-0.15, -0.1) is 0 Å². The Labute approximate surface area is 246 Å². The van der Waals surface area contributed by atoms with E-state index in [4.69, 9.17) is 21.9 Å². The number of carbonyl (C=O) groups is 3. The summed E-state index contributed by atoms with van der Waals surface area (Å²) in [5.74, 6) is 2.40. The van der Waals surface area contributed by atoms with Crippen molar-refractivity contribution < 1.29 is 19.1 Å². The molecule has 0 aliphatic heterocycles. The zero-order valence-corrected chi connectivity index (χ0v) is 26.0. The summed E-state index contributed by atoms with van der Waals surface area (Å²) < 4.78 is 6.11. The molecule has 41 heavy (non-hydrogen) atoms. The average molecular weight is 574 g/mol. The molecule has 0 bridgehead atoms. The molecule has 0 unspecified atom stereocenters. The molecule has 9 heteroatoms. The highest BCUT2D eigenvalue weighted by Crippen LogP contribution is 2.67. The van der Waals surface area contributed by atoms with Gasteiger partial charge in [-0.25, -0.2) is 4.79 Å². The largest absolute Gasteiger partial charge is 0.461 e. The predicted octanol–water partition coefficient (Wildman–Crippen LogP) is 3.67. The fraction of sp³-hybridized carbons (Fsp3) is 0.875. The number of nitrogens with zero attached hydrogens (tertiary/aromatic N) is 1. The van der Waals surface area contributed by atoms with E-state index in [0.717, 1.165) is 38.5 Å². The summed E-state index contributed by atoms with van der Waals surface area (Å²) in [6, 6.07) is -1.48. The molecule has 0 radical (unpaired) electrons. The summed E-state index contributed by atoms with van der Waals surface area (Å²) >= 11 is 0. The van der Waals surface area contributed by atoms with Crippen molar-refractivity contribution in [2.75, 3.05) is 6.54 Å². The van der Waals surface area contributed by atoms with Gasteiger partial charge >= 0.3 is 5.97 Å². The second-order valence-electron chi connectivity index (χ2n) is 14.6. The lowest BCUT2D eigenvalue weighted by Gasteiger charge is -2.61. The topological polar surface area (TPSA) is 163 Å². The number of rotatable bonds is 10. The molecule has 4 aliphatic rings. The van der Waals surface area contributed by atoms with E-state index in [1.807, 2.05) is 13.8 Å². The first kappa shape index (κ1) is 31.8. The monoisotopic (exact) mass is 573 g/mol. The molecular formula is C32H55N5O4. The van der Waals surface area contributed by atoms with Crippen molar-refractivity contribution in [3.8, 4) is 0 Å². The number of fused-ring (bicyclic) bond motifs is 5. The molecule has 4 fully saturated rings. The maximum absolute atomic E-state index is 13.4. The third-order valence-electron chi connectivity index (χ3n) is 12.0. The molecule has 4 aliphatic carbocycles. The number of hydrogen-bond donors (Lipinski definition) is 4. The van der Waals surface area contributed by atoms with Crippen LogP contribution in [0.5, 0.6) is 0 Å². The molecule has 4 saturated carbocycles. The van der Waals surface area contributed by atoms with Crippen LogP contribution in [0.3, 0.4) is 0 Å². The first-order chi connectivity index (χ1) is 19.3. The van der Waals surface area contributed by atoms with Gasteiger partial charge < -0.3 is 27.3 Å². The first-order valence-corrected chi connectivity index (χ1v) is 16.1. The standard InChI is InChI=1S/C32H55N5O4/c1-18(2)27(33)28(39)37-26(7-6-16-36-30(34)35)29(40)41-21-12-14-31(4)20(17-21)8-9-22-24-11-10-23(19(3)38)32(24,5)15-13-25(22)31/h18,20-27H,6-17,33H2,1-5H3,(H,37,39)(H4,34,35,36)/t20-,21+,22-,23+,24-,25-,26-,27-,31-,32+/m0/s1. The van der Waals surface area contributed by atoms with Gasteiger partial charge in [-0.05, 0) is 118 Å². The van der Waals surface area contributed by atoms with Crippen LogP contribution in [0.25, 0.3) is 0 Å². The van der Waals surface area contributed by atoms with E-state index in [9.17, 15) is 14.4 Å². The van der Waals surface area contributed by atoms with Crippen molar-refractivity contribution in [2.45, 2.75) is 123 Å². The van der Waals surface area contributed by atoms with E-state index in [1.54, 1.807) is 6.92 Å². The fourth-order valence-corrected chi connectivity index (χ4v) is 9.56. The van der Waals surface area contributed by atoms with Crippen LogP contribution < -0.4 is 22.5 Å². The summed E-state index contributed by atoms with van der Waals surface area (Å²) in [7, 11) is 0. The number of carbonyl (C=O) groups excluding carboxylic acids is 3. The normalized spacial score (nSPS) is 37.6. The lowest BCUT2D eigenvalue weighted by molar-refractivity contribution is -0.166. The van der Waals surface area contributed by atoms with Gasteiger partial charge in [-0.1, -0.05) is 27.7 Å². The number of aliphatic imine (C=N–C) groups is 1. The highest BCUT2D eigenvalue weighted by Gasteiger charge is 2.61. The summed E-state index contributed by atoms with van der Waals surface area (Å²) in [6.45, 7) is 10.8. The predicted molar refractivity (Wildman–Crippen MR) is 160 cm³/mol. The molecule has 10 atom stereocenters. The van der Waals surface area contributed by atoms with Crippen molar-refractivity contribution in [1.29, 1.82) is 0 Å². The minimum absolute atomic E-state index is 0.00385. The second-order valence-corrected chi connectivity index (χ2v) is 14.6. The van der Waals surface area contributed by atoms with E-state index >= 15 is 0 Å². The third kappa shape index (κ3) is 6.45. The van der Waals surface area contributed by atoms with Crippen molar-refractivity contribution in [3.05, 3.63) is 0 Å². The van der Waals surface area contributed by atoms with Crippen LogP contribution in [0.15, 0.2) is 4.99 Å². The van der Waals surface area contributed by atoms with Crippen LogP contribution in [0, 0.1) is 46.3 Å². The van der Waals surface area contributed by atoms with Crippen molar-refractivity contribution in [3.63, 3.8) is 0 Å². The molecule has 1 amide bonds. The van der Waals surface area contributed by atoms with E-state index in [-0.39, 0.29) is 40.6 Å². The van der Waals surface area contributed by atoms with Gasteiger partial charge in [0, 0.05) is 12.5 Å². The maximum atomic E-state index is 13.4. The Kier molecular flexibility index (Phi) is 9.76. The lowest BCUT2D eigenvalue weighted by atomic mass is 9.44. The highest BCUT2D eigenvalue weighted by molar-refractivity contribution is 5.87. The smallest absolute Gasteiger partial charge is 0.328 e. The Morgan fingerprint density at radius 1 is 0.976 bits per heavy atom. The van der Waals surface area contributed by atoms with Crippen LogP contribution >= 0.6 is 0 Å². The zero-order valence-electron chi connectivity index (χ0n) is 26.0. The SMILES string of the molecule is CC(=O)[C@H]1CC[C@H]2[C@@H]3CC[C@H]4C[C@H](OC(=O)[C@H](CCCN=C(N)N)NC(=O)[C@@H](N)C(C)C)CC[C@]4(C)[C@H]3CC[C@]12C. The van der Waals surface area contributed by atoms with Gasteiger partial charge in [0.1, 0.15) is 17.9 Å². The summed E-state index contributed by atoms with van der Waals surface area (Å²) in [5.41, 5.74) is 17.3. The van der Waals surface area contributed by atoms with Crippen LogP contribution in [0.4, 0.5) is 0 Å². The number of esters is 1. The number of amides is 1. The molecule has 7 N–H and O–H groups in total. The van der Waals surface area contributed by atoms with E-state index in [1.165, 1.54) is 19.3 Å². The molecule has 0 spiro atoms. The van der Waals surface area contributed by atoms with Gasteiger partial charge in [0.15, 0.2) is 5.96 Å². The summed E-state index contributed by atoms with van der Waals surface area (Å²) in [6.07, 6.45) is 10.5. The third-order valence-corrected chi connectivity index (χ3v) is 12.0. The molecule has 232 valence electrons. The Bertz CT molecular complexity index is 1010. The van der Waals surface area contributed by atoms with E-state index < -0.39 is 18.1 Å². The van der Waals surface area contributed by atoms with Crippen LogP contribution in [0.2, 0.25) is 0 Å². The fourth-order valence-electron chi connectivity index (χ4n) is 9.56. The number of ether oxygens (including phenoxy) is 1. The summed E-state index contributed by atoms with van der Waals surface area (Å²) in [5, 5.41) is 2.84. The van der Waals surface area contributed by atoms with E-state index in [2.05, 4.69) is 24.2 Å². The number of nitrogens with two attached hydrogens (primary N) is 3. The molecular weight excluding hydrogens is 518 g/mol. The summed E-state index contributed by atoms with van der Waals surface area (Å²) in [4.78, 5) is 42.6. The van der Waals surface area contributed by atoms with Gasteiger partial charge in [0.25, 0.3) is 0 Å². The van der Waals surface area contributed by atoms with Crippen molar-refractivity contribution >= 4 is 23.6 Å². The quantitative estimate of drug-likeness (QED) is 0.134. The molecule has 0 aromatic carbocycles. The number of guanidine groups is 1. The Hall–Kier alpha value is -2.16. The zero-order chi connectivity index (χ0) is 30.1. The Balaban J connectivity index is 1.39. The van der Waals surface area contributed by atoms with Crippen LogP contribution in [-0.4, -0.2) is 48.4 Å². The number of nitrogens with one attached hydrogen (secondary N) is 1. The van der Waals surface area contributed by atoms with Crippen molar-refractivity contribution in [1.82, 2.24) is 5.32 Å². The molecule has 0 aromatic heterocycles. The second kappa shape index (κ2) is 12.6. The molecule has 4 rings (SSSR count). The Morgan fingerprint density at radius 2 is 1.66 bits per heavy atom. The van der Waals surface area contributed by atoms with Crippen LogP contribution in [0.1, 0.15) is 105 Å². The molecule has 9 nitrogen and oxygen atoms in total. The maximum Gasteiger partial charge on any atom is 0.328 e. The van der Waals surface area contributed by atoms with Gasteiger partial charge in [0.05, 0.1) is 6.04 Å². The van der Waals surface area contributed by atoms with Gasteiger partial charge in [0.2, 0.25) is 5.91 Å². The minimum atomic E-state index is -0.779. The lowest BCUT2D eigenvalue weighted by Crippen LogP contribution is -2.55. The van der Waals surface area contributed by atoms with Gasteiger partial charge in [-0.2, -0.15) is 0 Å². The number of ketones is 1. The van der Waals surface area contributed by atoms with Crippen LogP contribution in [-0.2, 0) is 19.1 Å². The molecule has 0 heterocycles. The van der Waals surface area contributed by atoms with Crippen molar-refractivity contribution in [2.24, 2.45) is 68.5 Å². The number of Topliss-reactive ketones (excluding diaryl/α,β-unsaturated/α-hetero) is 1. The average Bonchev–Trinajstić information content (AvgIpc) is 3.27. The molecule has 0 aromatic rings. The highest BCUT2D eigenvalue weighted by atomic mass is 16.5.